The summed E-state index contributed by atoms with van der Waals surface area (Å²) in [5, 5.41) is 5.47. The molecule has 0 aliphatic rings. The van der Waals surface area contributed by atoms with E-state index in [2.05, 4.69) is 10.6 Å². The second-order valence-corrected chi connectivity index (χ2v) is 5.27. The first-order valence-electron chi connectivity index (χ1n) is 6.76. The molecular weight excluding hydrogens is 290 g/mol. The molecule has 1 rings (SSSR count). The number of hydrogen-bond acceptors (Lipinski definition) is 3. The van der Waals surface area contributed by atoms with Gasteiger partial charge < -0.3 is 16.4 Å². The molecule has 2 amide bonds. The molecule has 0 aromatic heterocycles. The fraction of sp³-hybridized carbons (Fsp3) is 0.467. The van der Waals surface area contributed by atoms with Gasteiger partial charge >= 0.3 is 0 Å². The van der Waals surface area contributed by atoms with Crippen LogP contribution >= 0.6 is 12.4 Å². The summed E-state index contributed by atoms with van der Waals surface area (Å²) in [5.74, 6) is -0.352. The molecule has 1 aromatic carbocycles. The minimum absolute atomic E-state index is 0. The van der Waals surface area contributed by atoms with Gasteiger partial charge in [-0.3, -0.25) is 9.59 Å². The third-order valence-corrected chi connectivity index (χ3v) is 3.08. The number of carbonyl (C=O) groups excluding carboxylic acids is 2. The molecule has 0 radical (unpaired) electrons. The van der Waals surface area contributed by atoms with Crippen LogP contribution in [0.25, 0.3) is 0 Å². The van der Waals surface area contributed by atoms with Crippen LogP contribution < -0.4 is 16.4 Å². The van der Waals surface area contributed by atoms with Gasteiger partial charge in [0.05, 0.1) is 0 Å². The highest BCUT2D eigenvalue weighted by molar-refractivity contribution is 5.87. The monoisotopic (exact) mass is 313 g/mol. The van der Waals surface area contributed by atoms with Crippen molar-refractivity contribution in [3.05, 3.63) is 35.9 Å². The SMILES string of the molecule is CC(C)C(=O)NCCNC(=O)C(C)(N)c1ccccc1.Cl. The van der Waals surface area contributed by atoms with Gasteiger partial charge in [-0.1, -0.05) is 44.2 Å². The molecule has 4 N–H and O–H groups in total. The number of nitrogens with two attached hydrogens (primary N) is 1. The predicted molar refractivity (Wildman–Crippen MR) is 86.1 cm³/mol. The van der Waals surface area contributed by atoms with E-state index in [-0.39, 0.29) is 30.1 Å². The van der Waals surface area contributed by atoms with Gasteiger partial charge in [0.25, 0.3) is 0 Å². The zero-order valence-corrected chi connectivity index (χ0v) is 13.5. The van der Waals surface area contributed by atoms with E-state index in [1.54, 1.807) is 6.92 Å². The molecule has 0 saturated heterocycles. The van der Waals surface area contributed by atoms with Gasteiger partial charge in [0.2, 0.25) is 11.8 Å². The molecule has 1 unspecified atom stereocenters. The average Bonchev–Trinajstić information content (AvgIpc) is 2.43. The summed E-state index contributed by atoms with van der Waals surface area (Å²) in [4.78, 5) is 23.5. The summed E-state index contributed by atoms with van der Waals surface area (Å²) in [5.41, 5.74) is 5.75. The minimum atomic E-state index is -1.08. The fourth-order valence-corrected chi connectivity index (χ4v) is 1.66. The molecule has 118 valence electrons. The molecule has 0 spiro atoms. The third kappa shape index (κ3) is 5.73. The summed E-state index contributed by atoms with van der Waals surface area (Å²) in [6, 6.07) is 9.20. The molecule has 0 heterocycles. The molecule has 1 aromatic rings. The maximum absolute atomic E-state index is 12.1. The second kappa shape index (κ2) is 8.64. The first kappa shape index (κ1) is 19.4. The Morgan fingerprint density at radius 1 is 1.14 bits per heavy atom. The van der Waals surface area contributed by atoms with Crippen LogP contribution in [0.1, 0.15) is 26.3 Å². The first-order chi connectivity index (χ1) is 9.35. The van der Waals surface area contributed by atoms with Crippen molar-refractivity contribution in [3.8, 4) is 0 Å². The van der Waals surface area contributed by atoms with Gasteiger partial charge in [0.1, 0.15) is 5.54 Å². The van der Waals surface area contributed by atoms with Gasteiger partial charge in [-0.25, -0.2) is 0 Å². The Hall–Kier alpha value is -1.59. The quantitative estimate of drug-likeness (QED) is 0.689. The van der Waals surface area contributed by atoms with Crippen LogP contribution in [0.4, 0.5) is 0 Å². The summed E-state index contributed by atoms with van der Waals surface area (Å²) in [6.07, 6.45) is 0. The van der Waals surface area contributed by atoms with Crippen molar-refractivity contribution in [2.75, 3.05) is 13.1 Å². The Morgan fingerprint density at radius 3 is 2.19 bits per heavy atom. The van der Waals surface area contributed by atoms with Crippen LogP contribution in [0.5, 0.6) is 0 Å². The molecule has 0 saturated carbocycles. The molecular formula is C15H24ClN3O2. The largest absolute Gasteiger partial charge is 0.354 e. The van der Waals surface area contributed by atoms with Crippen molar-refractivity contribution >= 4 is 24.2 Å². The van der Waals surface area contributed by atoms with Gasteiger partial charge in [0, 0.05) is 19.0 Å². The van der Waals surface area contributed by atoms with Gasteiger partial charge in [-0.05, 0) is 12.5 Å². The summed E-state index contributed by atoms with van der Waals surface area (Å²) in [6.45, 7) is 6.06. The lowest BCUT2D eigenvalue weighted by atomic mass is 9.92. The number of rotatable bonds is 6. The van der Waals surface area contributed by atoms with E-state index < -0.39 is 5.54 Å². The lowest BCUT2D eigenvalue weighted by Gasteiger charge is -2.24. The highest BCUT2D eigenvalue weighted by Gasteiger charge is 2.29. The summed E-state index contributed by atoms with van der Waals surface area (Å²) in [7, 11) is 0. The van der Waals surface area contributed by atoms with Crippen molar-refractivity contribution in [3.63, 3.8) is 0 Å². The molecule has 1 atom stereocenters. The Kier molecular flexibility index (Phi) is 7.99. The van der Waals surface area contributed by atoms with Crippen LogP contribution in [0, 0.1) is 5.92 Å². The van der Waals surface area contributed by atoms with Crippen LogP contribution in [0.2, 0.25) is 0 Å². The fourth-order valence-electron chi connectivity index (χ4n) is 1.66. The van der Waals surface area contributed by atoms with Crippen molar-refractivity contribution in [2.45, 2.75) is 26.3 Å². The highest BCUT2D eigenvalue weighted by atomic mass is 35.5. The van der Waals surface area contributed by atoms with Gasteiger partial charge in [0.15, 0.2) is 0 Å². The van der Waals surface area contributed by atoms with E-state index in [4.69, 9.17) is 5.73 Å². The lowest BCUT2D eigenvalue weighted by molar-refractivity contribution is -0.127. The van der Waals surface area contributed by atoms with Crippen LogP contribution in [-0.2, 0) is 15.1 Å². The number of carbonyl (C=O) groups is 2. The number of nitrogens with one attached hydrogen (secondary N) is 2. The molecule has 0 aliphatic carbocycles. The van der Waals surface area contributed by atoms with E-state index in [0.717, 1.165) is 5.56 Å². The number of hydrogen-bond donors (Lipinski definition) is 3. The van der Waals surface area contributed by atoms with E-state index in [0.29, 0.717) is 13.1 Å². The Labute approximate surface area is 132 Å². The standard InChI is InChI=1S/C15H23N3O2.ClH/c1-11(2)13(19)17-9-10-18-14(20)15(3,16)12-7-5-4-6-8-12;/h4-8,11H,9-10,16H2,1-3H3,(H,17,19)(H,18,20);1H. The van der Waals surface area contributed by atoms with Crippen LogP contribution in [0.15, 0.2) is 30.3 Å². The van der Waals surface area contributed by atoms with E-state index in [1.165, 1.54) is 0 Å². The van der Waals surface area contributed by atoms with Crippen LogP contribution in [0.3, 0.4) is 0 Å². The Balaban J connectivity index is 0.00000400. The second-order valence-electron chi connectivity index (χ2n) is 5.27. The normalized spacial score (nSPS) is 13.0. The molecule has 0 bridgehead atoms. The van der Waals surface area contributed by atoms with Gasteiger partial charge in [-0.15, -0.1) is 12.4 Å². The molecule has 6 heteroatoms. The zero-order chi connectivity index (χ0) is 15.2. The molecule has 0 fully saturated rings. The average molecular weight is 314 g/mol. The number of halogens is 1. The predicted octanol–water partition coefficient (Wildman–Crippen LogP) is 1.17. The number of amides is 2. The topological polar surface area (TPSA) is 84.2 Å². The van der Waals surface area contributed by atoms with E-state index in [1.807, 2.05) is 44.2 Å². The van der Waals surface area contributed by atoms with E-state index in [9.17, 15) is 9.59 Å². The maximum atomic E-state index is 12.1. The van der Waals surface area contributed by atoms with Crippen molar-refractivity contribution in [1.29, 1.82) is 0 Å². The van der Waals surface area contributed by atoms with E-state index >= 15 is 0 Å². The summed E-state index contributed by atoms with van der Waals surface area (Å²) < 4.78 is 0. The van der Waals surface area contributed by atoms with Crippen molar-refractivity contribution < 1.29 is 9.59 Å². The minimum Gasteiger partial charge on any atom is -0.354 e. The van der Waals surface area contributed by atoms with Crippen molar-refractivity contribution in [2.24, 2.45) is 11.7 Å². The molecule has 0 aliphatic heterocycles. The Morgan fingerprint density at radius 2 is 1.67 bits per heavy atom. The zero-order valence-electron chi connectivity index (χ0n) is 12.7. The van der Waals surface area contributed by atoms with Gasteiger partial charge in [-0.2, -0.15) is 0 Å². The third-order valence-electron chi connectivity index (χ3n) is 3.08. The molecule has 21 heavy (non-hydrogen) atoms. The molecule has 5 nitrogen and oxygen atoms in total. The Bertz CT molecular complexity index is 461. The highest BCUT2D eigenvalue weighted by Crippen LogP contribution is 2.16. The summed E-state index contributed by atoms with van der Waals surface area (Å²) >= 11 is 0. The first-order valence-corrected chi connectivity index (χ1v) is 6.76. The smallest absolute Gasteiger partial charge is 0.244 e. The lowest BCUT2D eigenvalue weighted by Crippen LogP contribution is -2.50. The van der Waals surface area contributed by atoms with Crippen LogP contribution in [-0.4, -0.2) is 24.9 Å². The van der Waals surface area contributed by atoms with Crippen molar-refractivity contribution in [1.82, 2.24) is 10.6 Å². The number of benzene rings is 1. The maximum Gasteiger partial charge on any atom is 0.244 e.